The number of methoxy groups -OCH3 is 2. The van der Waals surface area contributed by atoms with E-state index in [-0.39, 0.29) is 5.75 Å². The Labute approximate surface area is 143 Å². The quantitative estimate of drug-likeness (QED) is 0.654. The van der Waals surface area contributed by atoms with E-state index in [1.165, 1.54) is 19.5 Å². The highest BCUT2D eigenvalue weighted by atomic mass is 16.6. The van der Waals surface area contributed by atoms with Crippen molar-refractivity contribution in [3.8, 4) is 28.9 Å². The van der Waals surface area contributed by atoms with E-state index in [2.05, 4.69) is 9.97 Å². The van der Waals surface area contributed by atoms with Gasteiger partial charge in [0.2, 0.25) is 5.88 Å². The highest BCUT2D eigenvalue weighted by molar-refractivity contribution is 6.33. The Morgan fingerprint density at radius 1 is 0.920 bits per heavy atom. The number of fused-ring (bicyclic) bond motifs is 1. The van der Waals surface area contributed by atoms with Crippen LogP contribution in [0.1, 0.15) is 0 Å². The van der Waals surface area contributed by atoms with Crippen LogP contribution >= 0.6 is 0 Å². The molecule has 0 fully saturated rings. The van der Waals surface area contributed by atoms with Gasteiger partial charge in [-0.1, -0.05) is 6.07 Å². The SMILES string of the molecule is COc1cc2ncnc(Oc3cccc(OB(O)O)c3)c2cc1OC. The zero-order valence-electron chi connectivity index (χ0n) is 13.5. The number of hydrogen-bond donors (Lipinski definition) is 2. The van der Waals surface area contributed by atoms with Crippen LogP contribution in [0.2, 0.25) is 0 Å². The largest absolute Gasteiger partial charge is 0.707 e. The summed E-state index contributed by atoms with van der Waals surface area (Å²) in [5, 5.41) is 18.4. The van der Waals surface area contributed by atoms with E-state index in [0.29, 0.717) is 34.0 Å². The summed E-state index contributed by atoms with van der Waals surface area (Å²) in [4.78, 5) is 8.36. The number of nitrogens with zero attached hydrogens (tertiary/aromatic N) is 2. The molecule has 0 aliphatic heterocycles. The van der Waals surface area contributed by atoms with Gasteiger partial charge >= 0.3 is 7.32 Å². The molecule has 2 aromatic carbocycles. The van der Waals surface area contributed by atoms with Crippen molar-refractivity contribution in [1.29, 1.82) is 0 Å². The van der Waals surface area contributed by atoms with Crippen molar-refractivity contribution in [2.24, 2.45) is 0 Å². The van der Waals surface area contributed by atoms with E-state index in [0.717, 1.165) is 0 Å². The minimum atomic E-state index is -1.91. The van der Waals surface area contributed by atoms with E-state index < -0.39 is 7.32 Å². The molecular formula is C16H15BN2O6. The molecule has 9 heteroatoms. The maximum atomic E-state index is 8.88. The molecule has 0 aliphatic rings. The van der Waals surface area contributed by atoms with Crippen LogP contribution in [0.25, 0.3) is 10.9 Å². The van der Waals surface area contributed by atoms with Crippen molar-refractivity contribution in [3.63, 3.8) is 0 Å². The fraction of sp³-hybridized carbons (Fsp3) is 0.125. The molecule has 0 spiro atoms. The van der Waals surface area contributed by atoms with Crippen LogP contribution in [-0.4, -0.2) is 41.6 Å². The molecule has 0 unspecified atom stereocenters. The maximum Gasteiger partial charge on any atom is 0.707 e. The first-order valence-electron chi connectivity index (χ1n) is 7.28. The summed E-state index contributed by atoms with van der Waals surface area (Å²) < 4.78 is 21.2. The molecular weight excluding hydrogens is 327 g/mol. The third kappa shape index (κ3) is 3.73. The summed E-state index contributed by atoms with van der Waals surface area (Å²) in [5.41, 5.74) is 0.626. The first kappa shape index (κ1) is 16.8. The van der Waals surface area contributed by atoms with Gasteiger partial charge in [-0.15, -0.1) is 0 Å². The number of ether oxygens (including phenoxy) is 3. The van der Waals surface area contributed by atoms with Gasteiger partial charge in [0.15, 0.2) is 11.5 Å². The summed E-state index contributed by atoms with van der Waals surface area (Å²) in [7, 11) is 1.17. The number of aromatic nitrogens is 2. The van der Waals surface area contributed by atoms with E-state index in [1.807, 2.05) is 0 Å². The lowest BCUT2D eigenvalue weighted by molar-refractivity contribution is 0.287. The monoisotopic (exact) mass is 342 g/mol. The molecule has 25 heavy (non-hydrogen) atoms. The average molecular weight is 342 g/mol. The topological polar surface area (TPSA) is 103 Å². The van der Waals surface area contributed by atoms with Gasteiger partial charge in [0.25, 0.3) is 0 Å². The first-order valence-corrected chi connectivity index (χ1v) is 7.28. The van der Waals surface area contributed by atoms with Gasteiger partial charge in [0, 0.05) is 12.1 Å². The van der Waals surface area contributed by atoms with Crippen molar-refractivity contribution in [2.45, 2.75) is 0 Å². The zero-order valence-corrected chi connectivity index (χ0v) is 13.5. The normalized spacial score (nSPS) is 10.4. The first-order chi connectivity index (χ1) is 12.1. The second-order valence-corrected chi connectivity index (χ2v) is 4.92. The van der Waals surface area contributed by atoms with E-state index in [1.54, 1.807) is 37.4 Å². The predicted octanol–water partition coefficient (Wildman–Crippen LogP) is 1.79. The third-order valence-electron chi connectivity index (χ3n) is 3.37. The number of benzene rings is 2. The molecule has 0 bridgehead atoms. The second-order valence-electron chi connectivity index (χ2n) is 4.92. The van der Waals surface area contributed by atoms with Gasteiger partial charge in [-0.3, -0.25) is 0 Å². The second kappa shape index (κ2) is 7.24. The van der Waals surface area contributed by atoms with Crippen LogP contribution < -0.4 is 18.9 Å². The Morgan fingerprint density at radius 3 is 2.36 bits per heavy atom. The van der Waals surface area contributed by atoms with Crippen molar-refractivity contribution in [3.05, 3.63) is 42.7 Å². The van der Waals surface area contributed by atoms with Crippen LogP contribution in [0.4, 0.5) is 0 Å². The van der Waals surface area contributed by atoms with E-state index >= 15 is 0 Å². The lowest BCUT2D eigenvalue weighted by Gasteiger charge is -2.12. The average Bonchev–Trinajstić information content (AvgIpc) is 2.60. The fourth-order valence-corrected chi connectivity index (χ4v) is 2.29. The van der Waals surface area contributed by atoms with Crippen molar-refractivity contribution in [1.82, 2.24) is 9.97 Å². The highest BCUT2D eigenvalue weighted by Crippen LogP contribution is 2.36. The Kier molecular flexibility index (Phi) is 4.87. The summed E-state index contributed by atoms with van der Waals surface area (Å²) in [6.07, 6.45) is 1.38. The molecule has 128 valence electrons. The summed E-state index contributed by atoms with van der Waals surface area (Å²) in [5.74, 6) is 2.04. The minimum Gasteiger partial charge on any atom is -0.512 e. The van der Waals surface area contributed by atoms with Gasteiger partial charge in [-0.2, -0.15) is 0 Å². The van der Waals surface area contributed by atoms with Gasteiger partial charge in [0.05, 0.1) is 25.1 Å². The van der Waals surface area contributed by atoms with Gasteiger partial charge < -0.3 is 28.9 Å². The van der Waals surface area contributed by atoms with E-state index in [9.17, 15) is 0 Å². The lowest BCUT2D eigenvalue weighted by atomic mass is 10.2. The molecule has 1 aromatic heterocycles. The zero-order chi connectivity index (χ0) is 17.8. The summed E-state index contributed by atoms with van der Waals surface area (Å²) in [6.45, 7) is 0. The molecule has 0 amide bonds. The Balaban J connectivity index is 1.99. The van der Waals surface area contributed by atoms with Gasteiger partial charge in [-0.25, -0.2) is 9.97 Å². The van der Waals surface area contributed by atoms with Gasteiger partial charge in [0.1, 0.15) is 17.8 Å². The van der Waals surface area contributed by atoms with Crippen molar-refractivity contribution in [2.75, 3.05) is 14.2 Å². The molecule has 0 saturated heterocycles. The molecule has 0 saturated carbocycles. The van der Waals surface area contributed by atoms with Crippen LogP contribution in [0, 0.1) is 0 Å². The Bertz CT molecular complexity index is 890. The predicted molar refractivity (Wildman–Crippen MR) is 90.0 cm³/mol. The minimum absolute atomic E-state index is 0.241. The van der Waals surface area contributed by atoms with Crippen molar-refractivity contribution < 1.29 is 28.9 Å². The smallest absolute Gasteiger partial charge is 0.512 e. The fourth-order valence-electron chi connectivity index (χ4n) is 2.29. The van der Waals surface area contributed by atoms with Crippen molar-refractivity contribution >= 4 is 18.2 Å². The summed E-state index contributed by atoms with van der Waals surface area (Å²) >= 11 is 0. The van der Waals surface area contributed by atoms with Gasteiger partial charge in [-0.05, 0) is 18.2 Å². The highest BCUT2D eigenvalue weighted by Gasteiger charge is 2.14. The number of rotatable bonds is 6. The van der Waals surface area contributed by atoms with Crippen LogP contribution in [-0.2, 0) is 0 Å². The Hall–Kier alpha value is -3.04. The standard InChI is InChI=1S/C16H15BN2O6/c1-22-14-7-12-13(8-15(14)23-2)18-9-19-16(12)24-10-4-3-5-11(6-10)25-17(20)21/h3-9,20-21H,1-2H3. The van der Waals surface area contributed by atoms with E-state index in [4.69, 9.17) is 28.9 Å². The molecule has 2 N–H and O–H groups in total. The number of hydrogen-bond acceptors (Lipinski definition) is 8. The molecule has 3 rings (SSSR count). The molecule has 0 aliphatic carbocycles. The molecule has 3 aromatic rings. The Morgan fingerprint density at radius 2 is 1.64 bits per heavy atom. The lowest BCUT2D eigenvalue weighted by Crippen LogP contribution is -2.20. The van der Waals surface area contributed by atoms with Crippen LogP contribution in [0.3, 0.4) is 0 Å². The molecule has 1 heterocycles. The molecule has 0 radical (unpaired) electrons. The summed E-state index contributed by atoms with van der Waals surface area (Å²) in [6, 6.07) is 9.86. The molecule has 0 atom stereocenters. The maximum absolute atomic E-state index is 8.88. The molecule has 8 nitrogen and oxygen atoms in total. The van der Waals surface area contributed by atoms with Crippen LogP contribution in [0.5, 0.6) is 28.9 Å². The van der Waals surface area contributed by atoms with Crippen LogP contribution in [0.15, 0.2) is 42.7 Å². The third-order valence-corrected chi connectivity index (χ3v) is 3.37.